The van der Waals surface area contributed by atoms with Gasteiger partial charge in [-0.3, -0.25) is 11.3 Å². The van der Waals surface area contributed by atoms with Gasteiger partial charge in [-0.1, -0.05) is 18.2 Å². The van der Waals surface area contributed by atoms with E-state index in [4.69, 9.17) is 5.84 Å². The van der Waals surface area contributed by atoms with Crippen LogP contribution in [0.15, 0.2) is 42.5 Å². The van der Waals surface area contributed by atoms with E-state index < -0.39 is 11.6 Å². The van der Waals surface area contributed by atoms with Crippen molar-refractivity contribution in [3.05, 3.63) is 68.8 Å². The van der Waals surface area contributed by atoms with Crippen molar-refractivity contribution in [1.82, 2.24) is 5.43 Å². The number of rotatable bonds is 4. The lowest BCUT2D eigenvalue weighted by Crippen LogP contribution is -2.30. The Labute approximate surface area is 124 Å². The summed E-state index contributed by atoms with van der Waals surface area (Å²) in [5, 5.41) is 0. The number of hydrogen-bond acceptors (Lipinski definition) is 2. The lowest BCUT2D eigenvalue weighted by molar-refractivity contribution is 0.500. The minimum Gasteiger partial charge on any atom is -0.271 e. The lowest BCUT2D eigenvalue weighted by Gasteiger charge is -2.17. The van der Waals surface area contributed by atoms with Gasteiger partial charge in [0.05, 0.1) is 6.04 Å². The molecule has 3 N–H and O–H groups in total. The predicted octanol–water partition coefficient (Wildman–Crippen LogP) is 3.32. The average Bonchev–Trinajstić information content (AvgIpc) is 2.38. The maximum absolute atomic E-state index is 13.6. The molecule has 0 aliphatic carbocycles. The Balaban J connectivity index is 2.29. The fourth-order valence-electron chi connectivity index (χ4n) is 1.93. The standard InChI is InChI=1S/C14H13F2IN2/c15-12-5-2-6-13(16)11(12)8-14(19-18)9-3-1-4-10(17)7-9/h1-7,14,19H,8,18H2. The highest BCUT2D eigenvalue weighted by molar-refractivity contribution is 14.1. The first kappa shape index (κ1) is 14.4. The molecule has 0 heterocycles. The predicted molar refractivity (Wildman–Crippen MR) is 79.3 cm³/mol. The second-order valence-electron chi connectivity index (χ2n) is 4.18. The van der Waals surface area contributed by atoms with E-state index >= 15 is 0 Å². The van der Waals surface area contributed by atoms with Crippen LogP contribution in [-0.2, 0) is 6.42 Å². The Kier molecular flexibility index (Phi) is 4.84. The van der Waals surface area contributed by atoms with Crippen LogP contribution >= 0.6 is 22.6 Å². The number of halogens is 3. The molecule has 0 spiro atoms. The highest BCUT2D eigenvalue weighted by atomic mass is 127. The molecule has 0 fully saturated rings. The van der Waals surface area contributed by atoms with Gasteiger partial charge >= 0.3 is 0 Å². The Morgan fingerprint density at radius 1 is 1.11 bits per heavy atom. The largest absolute Gasteiger partial charge is 0.271 e. The Hall–Kier alpha value is -1.05. The van der Waals surface area contributed by atoms with E-state index in [0.717, 1.165) is 9.13 Å². The maximum atomic E-state index is 13.6. The second kappa shape index (κ2) is 6.40. The summed E-state index contributed by atoms with van der Waals surface area (Å²) in [6, 6.07) is 11.2. The van der Waals surface area contributed by atoms with Crippen molar-refractivity contribution in [2.75, 3.05) is 0 Å². The Bertz CT molecular complexity index is 555. The molecule has 0 radical (unpaired) electrons. The number of nitrogens with two attached hydrogens (primary N) is 1. The van der Waals surface area contributed by atoms with Crippen LogP contribution in [0.25, 0.3) is 0 Å². The van der Waals surface area contributed by atoms with Crippen LogP contribution in [0.2, 0.25) is 0 Å². The molecule has 0 bridgehead atoms. The lowest BCUT2D eigenvalue weighted by atomic mass is 9.99. The van der Waals surface area contributed by atoms with E-state index in [2.05, 4.69) is 28.0 Å². The summed E-state index contributed by atoms with van der Waals surface area (Å²) in [5.41, 5.74) is 3.56. The minimum absolute atomic E-state index is 0.0457. The van der Waals surface area contributed by atoms with E-state index in [1.165, 1.54) is 18.2 Å². The number of hydrogen-bond donors (Lipinski definition) is 2. The Morgan fingerprint density at radius 3 is 2.32 bits per heavy atom. The quantitative estimate of drug-likeness (QED) is 0.490. The van der Waals surface area contributed by atoms with Crippen LogP contribution in [0.3, 0.4) is 0 Å². The molecule has 1 unspecified atom stereocenters. The van der Waals surface area contributed by atoms with E-state index in [0.29, 0.717) is 0 Å². The highest BCUT2D eigenvalue weighted by Crippen LogP contribution is 2.22. The molecule has 100 valence electrons. The molecular formula is C14H13F2IN2. The van der Waals surface area contributed by atoms with Gasteiger partial charge < -0.3 is 0 Å². The Morgan fingerprint density at radius 2 is 1.74 bits per heavy atom. The van der Waals surface area contributed by atoms with Gasteiger partial charge in [-0.25, -0.2) is 8.78 Å². The smallest absolute Gasteiger partial charge is 0.129 e. The normalized spacial score (nSPS) is 12.4. The van der Waals surface area contributed by atoms with Gasteiger partial charge in [-0.2, -0.15) is 0 Å². The third-order valence-electron chi connectivity index (χ3n) is 2.92. The zero-order valence-corrected chi connectivity index (χ0v) is 12.2. The van der Waals surface area contributed by atoms with Crippen LogP contribution in [0, 0.1) is 15.2 Å². The second-order valence-corrected chi connectivity index (χ2v) is 5.42. The maximum Gasteiger partial charge on any atom is 0.129 e. The minimum atomic E-state index is -0.550. The first-order valence-electron chi connectivity index (χ1n) is 5.76. The molecule has 2 nitrogen and oxygen atoms in total. The molecule has 0 aliphatic rings. The number of nitrogens with one attached hydrogen (secondary N) is 1. The zero-order chi connectivity index (χ0) is 13.8. The summed E-state index contributed by atoms with van der Waals surface area (Å²) in [7, 11) is 0. The summed E-state index contributed by atoms with van der Waals surface area (Å²) in [6.45, 7) is 0. The average molecular weight is 374 g/mol. The van der Waals surface area contributed by atoms with E-state index in [9.17, 15) is 8.78 Å². The van der Waals surface area contributed by atoms with Crippen molar-refractivity contribution in [3.8, 4) is 0 Å². The van der Waals surface area contributed by atoms with Crippen molar-refractivity contribution >= 4 is 22.6 Å². The summed E-state index contributed by atoms with van der Waals surface area (Å²) in [6.07, 6.45) is 0.162. The van der Waals surface area contributed by atoms with Gasteiger partial charge in [-0.05, 0) is 58.8 Å². The van der Waals surface area contributed by atoms with Gasteiger partial charge in [-0.15, -0.1) is 0 Å². The van der Waals surface area contributed by atoms with Gasteiger partial charge in [0.25, 0.3) is 0 Å². The van der Waals surface area contributed by atoms with Crippen molar-refractivity contribution in [1.29, 1.82) is 0 Å². The molecule has 2 aromatic carbocycles. The van der Waals surface area contributed by atoms with Gasteiger partial charge in [0, 0.05) is 9.13 Å². The van der Waals surface area contributed by atoms with E-state index in [-0.39, 0.29) is 18.0 Å². The van der Waals surface area contributed by atoms with Crippen molar-refractivity contribution in [2.24, 2.45) is 5.84 Å². The van der Waals surface area contributed by atoms with Gasteiger partial charge in [0.2, 0.25) is 0 Å². The van der Waals surface area contributed by atoms with E-state index in [1.807, 2.05) is 24.3 Å². The van der Waals surface area contributed by atoms with Gasteiger partial charge in [0.1, 0.15) is 11.6 Å². The molecular weight excluding hydrogens is 361 g/mol. The molecule has 0 aliphatic heterocycles. The first-order chi connectivity index (χ1) is 9.11. The van der Waals surface area contributed by atoms with Crippen molar-refractivity contribution in [2.45, 2.75) is 12.5 Å². The third-order valence-corrected chi connectivity index (χ3v) is 3.59. The third kappa shape index (κ3) is 3.49. The molecule has 0 amide bonds. The fourth-order valence-corrected chi connectivity index (χ4v) is 2.49. The molecule has 2 rings (SSSR count). The molecule has 0 saturated carbocycles. The molecule has 5 heteroatoms. The molecule has 1 atom stereocenters. The monoisotopic (exact) mass is 374 g/mol. The number of hydrazine groups is 1. The fraction of sp³-hybridized carbons (Fsp3) is 0.143. The van der Waals surface area contributed by atoms with Crippen LogP contribution in [0.4, 0.5) is 8.78 Å². The van der Waals surface area contributed by atoms with Crippen LogP contribution in [-0.4, -0.2) is 0 Å². The SMILES string of the molecule is NNC(Cc1c(F)cccc1F)c1cccc(I)c1. The zero-order valence-electron chi connectivity index (χ0n) is 10.0. The molecule has 19 heavy (non-hydrogen) atoms. The summed E-state index contributed by atoms with van der Waals surface area (Å²) in [5.74, 6) is 4.41. The molecule has 0 saturated heterocycles. The van der Waals surface area contributed by atoms with Crippen LogP contribution in [0.1, 0.15) is 17.2 Å². The molecule has 2 aromatic rings. The number of benzene rings is 2. The molecule has 0 aromatic heterocycles. The topological polar surface area (TPSA) is 38.0 Å². The van der Waals surface area contributed by atoms with Crippen LogP contribution < -0.4 is 11.3 Å². The summed E-state index contributed by atoms with van der Waals surface area (Å²) < 4.78 is 28.3. The summed E-state index contributed by atoms with van der Waals surface area (Å²) in [4.78, 5) is 0. The van der Waals surface area contributed by atoms with E-state index in [1.54, 1.807) is 0 Å². The first-order valence-corrected chi connectivity index (χ1v) is 6.84. The van der Waals surface area contributed by atoms with Crippen molar-refractivity contribution in [3.63, 3.8) is 0 Å². The van der Waals surface area contributed by atoms with Crippen LogP contribution in [0.5, 0.6) is 0 Å². The highest BCUT2D eigenvalue weighted by Gasteiger charge is 2.16. The van der Waals surface area contributed by atoms with Gasteiger partial charge in [0.15, 0.2) is 0 Å². The summed E-state index contributed by atoms with van der Waals surface area (Å²) >= 11 is 2.18. The van der Waals surface area contributed by atoms with Crippen molar-refractivity contribution < 1.29 is 8.78 Å².